The molecule has 1 atom stereocenters. The van der Waals surface area contributed by atoms with Crippen LogP contribution in [0.2, 0.25) is 0 Å². The maximum atomic E-state index is 11.4. The number of rotatable bonds is 7. The number of benzene rings is 6. The van der Waals surface area contributed by atoms with Crippen LogP contribution in [-0.4, -0.2) is 73.4 Å². The van der Waals surface area contributed by atoms with Crippen LogP contribution in [0.1, 0.15) is 39.1 Å². The predicted molar refractivity (Wildman–Crippen MR) is 256 cm³/mol. The minimum Gasteiger partial charge on any atom is -0.508 e. The molecular formula is C52H46BClO12. The lowest BCUT2D eigenvalue weighted by atomic mass is 9.98. The number of halogens is 1. The van der Waals surface area contributed by atoms with Gasteiger partial charge in [-0.05, 0) is 115 Å². The fourth-order valence-corrected chi connectivity index (χ4v) is 6.68. The van der Waals surface area contributed by atoms with E-state index in [1.54, 1.807) is 67.8 Å². The molecule has 0 saturated carbocycles. The zero-order valence-electron chi connectivity index (χ0n) is 36.3. The largest absolute Gasteiger partial charge is 0.508 e. The Labute approximate surface area is 386 Å². The number of hydrogen-bond donors (Lipinski definition) is 4. The number of aromatic carboxylic acids is 1. The van der Waals surface area contributed by atoms with Crippen LogP contribution in [0.25, 0.3) is 66.9 Å². The second kappa shape index (κ2) is 23.0. The van der Waals surface area contributed by atoms with Gasteiger partial charge in [0.15, 0.2) is 0 Å². The number of aliphatic hydroxyl groups is 1. The number of carboxylic acids is 1. The van der Waals surface area contributed by atoms with Gasteiger partial charge in [-0.2, -0.15) is 0 Å². The number of fused-ring (bicyclic) bond motifs is 3. The summed E-state index contributed by atoms with van der Waals surface area (Å²) >= 11 is 4.64. The Morgan fingerprint density at radius 2 is 1.06 bits per heavy atom. The number of ether oxygens (including phenoxy) is 3. The third kappa shape index (κ3) is 12.4. The van der Waals surface area contributed by atoms with Gasteiger partial charge in [-0.25, -0.2) is 9.59 Å². The zero-order valence-corrected chi connectivity index (χ0v) is 37.0. The van der Waals surface area contributed by atoms with Crippen molar-refractivity contribution in [2.24, 2.45) is 0 Å². The summed E-state index contributed by atoms with van der Waals surface area (Å²) in [6.07, 6.45) is 3.65. The molecule has 0 bridgehead atoms. The van der Waals surface area contributed by atoms with E-state index < -0.39 is 5.97 Å². The van der Waals surface area contributed by atoms with Gasteiger partial charge < -0.3 is 47.9 Å². The van der Waals surface area contributed by atoms with Gasteiger partial charge in [0, 0.05) is 51.8 Å². The van der Waals surface area contributed by atoms with Crippen molar-refractivity contribution in [3.8, 4) is 51.2 Å². The van der Waals surface area contributed by atoms with Gasteiger partial charge in [-0.15, -0.1) is 11.6 Å². The van der Waals surface area contributed by atoms with Gasteiger partial charge >= 0.3 is 11.9 Å². The molecule has 9 aromatic rings. The Morgan fingerprint density at radius 1 is 0.621 bits per heavy atom. The molecule has 0 amide bonds. The first-order chi connectivity index (χ1) is 32.0. The molecule has 2 radical (unpaired) electrons. The first kappa shape index (κ1) is 48.0. The molecule has 0 spiro atoms. The van der Waals surface area contributed by atoms with Crippen molar-refractivity contribution in [1.82, 2.24) is 0 Å². The van der Waals surface area contributed by atoms with E-state index in [9.17, 15) is 19.8 Å². The number of carboxylic acid groups (broad SMARTS) is 1. The lowest BCUT2D eigenvalue weighted by Gasteiger charge is -2.00. The second-order valence-electron chi connectivity index (χ2n) is 14.5. The Kier molecular flexibility index (Phi) is 16.7. The van der Waals surface area contributed by atoms with Gasteiger partial charge in [-0.3, -0.25) is 0 Å². The smallest absolute Gasteiger partial charge is 0.337 e. The first-order valence-electron chi connectivity index (χ1n) is 20.5. The molecule has 336 valence electrons. The van der Waals surface area contributed by atoms with Crippen LogP contribution in [0, 0.1) is 0 Å². The molecule has 6 aromatic carbocycles. The highest BCUT2D eigenvalue weighted by atomic mass is 35.5. The first-order valence-corrected chi connectivity index (χ1v) is 21.3. The summed E-state index contributed by atoms with van der Waals surface area (Å²) in [5.74, 6) is 2.02. The van der Waals surface area contributed by atoms with E-state index in [0.717, 1.165) is 86.3 Å². The van der Waals surface area contributed by atoms with Crippen LogP contribution < -0.4 is 4.74 Å². The van der Waals surface area contributed by atoms with Crippen molar-refractivity contribution in [2.45, 2.75) is 25.5 Å². The van der Waals surface area contributed by atoms with Crippen molar-refractivity contribution in [2.75, 3.05) is 27.2 Å². The number of phenols is 2. The van der Waals surface area contributed by atoms with Crippen LogP contribution in [0.4, 0.5) is 0 Å². The topological polar surface area (TPSA) is 182 Å². The number of hydrogen-bond acceptors (Lipinski definition) is 11. The molecule has 1 unspecified atom stereocenters. The van der Waals surface area contributed by atoms with E-state index in [0.29, 0.717) is 16.9 Å². The van der Waals surface area contributed by atoms with E-state index >= 15 is 0 Å². The summed E-state index contributed by atoms with van der Waals surface area (Å²) in [5, 5.41) is 39.3. The highest BCUT2D eigenvalue weighted by molar-refractivity contribution is 6.15. The molecule has 1 fully saturated rings. The van der Waals surface area contributed by atoms with E-state index in [-0.39, 0.29) is 35.6 Å². The molecule has 4 N–H and O–H groups in total. The highest BCUT2D eigenvalue weighted by Gasteiger charge is 2.12. The summed E-state index contributed by atoms with van der Waals surface area (Å²) in [6, 6.07) is 42.3. The summed E-state index contributed by atoms with van der Waals surface area (Å²) < 4.78 is 32.0. The van der Waals surface area contributed by atoms with Gasteiger partial charge in [-0.1, -0.05) is 48.5 Å². The maximum absolute atomic E-state index is 11.4. The number of methoxy groups -OCH3 is 2. The highest BCUT2D eigenvalue weighted by Crippen LogP contribution is 2.33. The number of alkyl halides is 1. The number of furan rings is 3. The Hall–Kier alpha value is -7.45. The number of phenolic OH excluding ortho intramolecular Hbond substituents is 2. The molecule has 1 aliphatic heterocycles. The molecular weight excluding hydrogens is 863 g/mol. The van der Waals surface area contributed by atoms with Crippen molar-refractivity contribution >= 4 is 64.3 Å². The maximum Gasteiger partial charge on any atom is 0.337 e. The molecule has 66 heavy (non-hydrogen) atoms. The van der Waals surface area contributed by atoms with Gasteiger partial charge in [0.1, 0.15) is 59.1 Å². The number of carbonyl (C=O) groups excluding carboxylic acids is 1. The van der Waals surface area contributed by atoms with Crippen LogP contribution in [0.3, 0.4) is 0 Å². The van der Waals surface area contributed by atoms with E-state index in [1.807, 2.05) is 72.8 Å². The minimum atomic E-state index is -0.957. The quantitative estimate of drug-likeness (QED) is 0.0676. The Morgan fingerprint density at radius 3 is 1.44 bits per heavy atom. The average molecular weight is 909 g/mol. The second-order valence-corrected chi connectivity index (χ2v) is 14.5. The average Bonchev–Trinajstić information content (AvgIpc) is 4.19. The fraction of sp³-hybridized carbons (Fsp3) is 0.154. The molecule has 10 rings (SSSR count). The van der Waals surface area contributed by atoms with Crippen molar-refractivity contribution in [3.63, 3.8) is 0 Å². The minimum absolute atomic E-state index is 0.0360. The van der Waals surface area contributed by atoms with E-state index in [4.69, 9.17) is 40.8 Å². The number of aliphatic hydroxyl groups excluding tert-OH is 1. The fourth-order valence-electron chi connectivity index (χ4n) is 6.68. The zero-order chi connectivity index (χ0) is 47.2. The Balaban J connectivity index is 0.000000151. The van der Waals surface area contributed by atoms with Gasteiger partial charge in [0.25, 0.3) is 0 Å². The molecule has 0 aliphatic carbocycles. The molecule has 14 heteroatoms. The standard InChI is InChI=1S/C17H14O4.C15H10O4.C15H12O3.C4H7BO.CH3Cl/c1-19-14-7-8-15-13(9-14)10-16(21-15)11-3-5-12(6-4-11)17(18)20-2;16-12-5-6-13-11(7-12)8-14(19-13)9-1-3-10(4-2-9)15(17)18;16-9-10-1-3-11(4-2-10)15-8-12-7-13(17)5-6-14(12)18-15;5-4-2-1-3-6-4;1-2/h3-10H,1-2H3;1-8,16H,(H,17,18);1-8,16-17H,9H2;4H,1-3H2;1H3. The molecule has 12 nitrogen and oxygen atoms in total. The van der Waals surface area contributed by atoms with Crippen LogP contribution in [0.5, 0.6) is 17.2 Å². The van der Waals surface area contributed by atoms with Crippen molar-refractivity contribution in [3.05, 3.63) is 162 Å². The van der Waals surface area contributed by atoms with Gasteiger partial charge in [0.2, 0.25) is 0 Å². The number of carbonyl (C=O) groups is 2. The third-order valence-electron chi connectivity index (χ3n) is 10.1. The lowest BCUT2D eigenvalue weighted by molar-refractivity contribution is 0.0599. The molecule has 3 aromatic heterocycles. The summed E-state index contributed by atoms with van der Waals surface area (Å²) in [6.45, 7) is 0.898. The summed E-state index contributed by atoms with van der Waals surface area (Å²) in [5.41, 5.74) is 6.47. The lowest BCUT2D eigenvalue weighted by Crippen LogP contribution is -2.01. The monoisotopic (exact) mass is 908 g/mol. The number of aromatic hydroxyl groups is 2. The summed E-state index contributed by atoms with van der Waals surface area (Å²) in [4.78, 5) is 22.2. The van der Waals surface area contributed by atoms with Crippen LogP contribution in [0.15, 0.2) is 159 Å². The molecule has 1 aliphatic rings. The van der Waals surface area contributed by atoms with Crippen LogP contribution in [-0.2, 0) is 16.1 Å². The SMILES string of the molecule is CCl.COC(=O)c1ccc(-c2cc3cc(OC)ccc3o2)cc1.O=C(O)c1ccc(-c2cc3cc(O)ccc3o2)cc1.OCc1ccc(-c2cc3cc(O)ccc3o2)cc1.[B]C1CCCO1. The Bertz CT molecular complexity index is 2980. The number of esters is 1. The van der Waals surface area contributed by atoms with Crippen molar-refractivity contribution in [1.29, 1.82) is 0 Å². The summed E-state index contributed by atoms with van der Waals surface area (Å²) in [7, 11) is 8.31. The normalized spacial score (nSPS) is 12.7. The van der Waals surface area contributed by atoms with Crippen LogP contribution >= 0.6 is 11.6 Å². The van der Waals surface area contributed by atoms with E-state index in [1.165, 1.54) is 25.6 Å². The molecule has 4 heterocycles. The van der Waals surface area contributed by atoms with Gasteiger partial charge in [0.05, 0.1) is 32.0 Å². The predicted octanol–water partition coefficient (Wildman–Crippen LogP) is 11.8. The van der Waals surface area contributed by atoms with E-state index in [2.05, 4.69) is 16.3 Å². The molecule has 1 saturated heterocycles. The van der Waals surface area contributed by atoms with Crippen molar-refractivity contribution < 1.29 is 57.5 Å². The third-order valence-corrected chi connectivity index (χ3v) is 10.1.